The Morgan fingerprint density at radius 3 is 2.74 bits per heavy atom. The van der Waals surface area contributed by atoms with Crippen molar-refractivity contribution in [2.45, 2.75) is 6.92 Å². The van der Waals surface area contributed by atoms with Gasteiger partial charge in [-0.3, -0.25) is 9.89 Å². The van der Waals surface area contributed by atoms with Gasteiger partial charge in [0.15, 0.2) is 0 Å². The molecule has 0 unspecified atom stereocenters. The number of aryl methyl sites for hydroxylation is 1. The van der Waals surface area contributed by atoms with Gasteiger partial charge >= 0.3 is 0 Å². The molecule has 0 saturated carbocycles. The highest BCUT2D eigenvalue weighted by Crippen LogP contribution is 2.28. The molecule has 0 aliphatic rings. The number of nitrogens with one attached hydrogen (secondary N) is 2. The molecule has 4 rings (SSSR count). The van der Waals surface area contributed by atoms with Crippen molar-refractivity contribution in [2.75, 3.05) is 0 Å². The standard InChI is InChI=1S/C20H17N5O2/c1-12-2-3-13(10-16(12)20(21)26)27-14-4-5-15-17(24-25-18(15)11-14)6-7-19-22-8-9-23-19/h2-11H,1H3,(H2,21,26)(H,22,23)(H,24,25)/b7-6+. The molecule has 0 atom stereocenters. The Bertz CT molecular complexity index is 1140. The van der Waals surface area contributed by atoms with E-state index in [0.29, 0.717) is 17.1 Å². The second kappa shape index (κ2) is 6.80. The van der Waals surface area contributed by atoms with Gasteiger partial charge in [0.2, 0.25) is 5.91 Å². The van der Waals surface area contributed by atoms with E-state index in [2.05, 4.69) is 20.2 Å². The number of rotatable bonds is 5. The molecular formula is C20H17N5O2. The Hall–Kier alpha value is -3.87. The van der Waals surface area contributed by atoms with Gasteiger partial charge in [0.1, 0.15) is 17.3 Å². The maximum atomic E-state index is 11.5. The summed E-state index contributed by atoms with van der Waals surface area (Å²) in [6, 6.07) is 10.9. The number of carbonyl (C=O) groups is 1. The summed E-state index contributed by atoms with van der Waals surface area (Å²) in [7, 11) is 0. The van der Waals surface area contributed by atoms with Gasteiger partial charge in [-0.1, -0.05) is 6.07 Å². The minimum absolute atomic E-state index is 0.445. The van der Waals surface area contributed by atoms with E-state index in [-0.39, 0.29) is 0 Å². The van der Waals surface area contributed by atoms with Gasteiger partial charge in [0.05, 0.1) is 11.2 Å². The molecule has 2 heterocycles. The number of hydrogen-bond donors (Lipinski definition) is 3. The molecule has 4 N–H and O–H groups in total. The Balaban J connectivity index is 1.59. The van der Waals surface area contributed by atoms with Crippen molar-refractivity contribution in [3.63, 3.8) is 0 Å². The van der Waals surface area contributed by atoms with E-state index in [9.17, 15) is 4.79 Å². The number of nitrogens with two attached hydrogens (primary N) is 1. The van der Waals surface area contributed by atoms with Crippen LogP contribution in [0.3, 0.4) is 0 Å². The molecule has 4 aromatic rings. The zero-order chi connectivity index (χ0) is 18.8. The number of primary amides is 1. The molecule has 7 heteroatoms. The molecule has 0 saturated heterocycles. The first-order chi connectivity index (χ1) is 13.1. The number of imidazole rings is 1. The van der Waals surface area contributed by atoms with E-state index >= 15 is 0 Å². The second-order valence-electron chi connectivity index (χ2n) is 6.07. The predicted molar refractivity (Wildman–Crippen MR) is 103 cm³/mol. The predicted octanol–water partition coefficient (Wildman–Crippen LogP) is 3.66. The minimum atomic E-state index is -0.477. The SMILES string of the molecule is Cc1ccc(Oc2ccc3c(/C=C/c4ncc[nH]4)n[nH]c3c2)cc1C(N)=O. The summed E-state index contributed by atoms with van der Waals surface area (Å²) in [6.45, 7) is 1.83. The summed E-state index contributed by atoms with van der Waals surface area (Å²) in [5.41, 5.74) is 8.30. The van der Waals surface area contributed by atoms with Crippen molar-refractivity contribution >= 4 is 29.0 Å². The van der Waals surface area contributed by atoms with Gasteiger partial charge in [-0.05, 0) is 48.9 Å². The first kappa shape index (κ1) is 16.6. The van der Waals surface area contributed by atoms with E-state index in [4.69, 9.17) is 10.5 Å². The number of carbonyl (C=O) groups excluding carboxylic acids is 1. The van der Waals surface area contributed by atoms with Crippen LogP contribution in [0.4, 0.5) is 0 Å². The zero-order valence-electron chi connectivity index (χ0n) is 14.6. The fourth-order valence-electron chi connectivity index (χ4n) is 2.80. The van der Waals surface area contributed by atoms with Crippen molar-refractivity contribution < 1.29 is 9.53 Å². The largest absolute Gasteiger partial charge is 0.457 e. The maximum Gasteiger partial charge on any atom is 0.249 e. The molecule has 0 aliphatic carbocycles. The molecule has 1 amide bonds. The number of H-pyrrole nitrogens is 2. The maximum absolute atomic E-state index is 11.5. The van der Waals surface area contributed by atoms with Crippen LogP contribution in [-0.4, -0.2) is 26.1 Å². The number of ether oxygens (including phenoxy) is 1. The summed E-state index contributed by atoms with van der Waals surface area (Å²) < 4.78 is 5.87. The van der Waals surface area contributed by atoms with Gasteiger partial charge in [0.25, 0.3) is 0 Å². The Morgan fingerprint density at radius 1 is 1.15 bits per heavy atom. The van der Waals surface area contributed by atoms with Crippen molar-refractivity contribution in [3.8, 4) is 11.5 Å². The molecule has 0 radical (unpaired) electrons. The summed E-state index contributed by atoms with van der Waals surface area (Å²) >= 11 is 0. The van der Waals surface area contributed by atoms with Crippen molar-refractivity contribution in [3.05, 3.63) is 71.4 Å². The lowest BCUT2D eigenvalue weighted by Crippen LogP contribution is -2.12. The van der Waals surface area contributed by atoms with Gasteiger partial charge < -0.3 is 15.5 Å². The van der Waals surface area contributed by atoms with Gasteiger partial charge in [0, 0.05) is 29.4 Å². The third-order valence-electron chi connectivity index (χ3n) is 4.19. The molecule has 0 aliphatic heterocycles. The second-order valence-corrected chi connectivity index (χ2v) is 6.07. The third kappa shape index (κ3) is 3.43. The van der Waals surface area contributed by atoms with Crippen molar-refractivity contribution in [2.24, 2.45) is 5.73 Å². The molecule has 0 fully saturated rings. The van der Waals surface area contributed by atoms with Crippen LogP contribution < -0.4 is 10.5 Å². The van der Waals surface area contributed by atoms with Crippen LogP contribution in [0, 0.1) is 6.92 Å². The van der Waals surface area contributed by atoms with Crippen molar-refractivity contribution in [1.82, 2.24) is 20.2 Å². The van der Waals surface area contributed by atoms with E-state index in [0.717, 1.165) is 28.0 Å². The van der Waals surface area contributed by atoms with Gasteiger partial charge in [-0.25, -0.2) is 4.98 Å². The zero-order valence-corrected chi connectivity index (χ0v) is 14.6. The molecule has 134 valence electrons. The van der Waals surface area contributed by atoms with E-state index in [1.165, 1.54) is 0 Å². The van der Waals surface area contributed by atoms with Crippen LogP contribution in [0.5, 0.6) is 11.5 Å². The van der Waals surface area contributed by atoms with E-state index in [1.54, 1.807) is 24.5 Å². The van der Waals surface area contributed by atoms with E-state index in [1.807, 2.05) is 43.3 Å². The fraction of sp³-hybridized carbons (Fsp3) is 0.0500. The molecule has 2 aromatic heterocycles. The highest BCUT2D eigenvalue weighted by Gasteiger charge is 2.09. The summed E-state index contributed by atoms with van der Waals surface area (Å²) in [4.78, 5) is 18.7. The van der Waals surface area contributed by atoms with Crippen LogP contribution in [0.15, 0.2) is 48.8 Å². The highest BCUT2D eigenvalue weighted by molar-refractivity contribution is 5.94. The molecule has 0 spiro atoms. The number of aromatic amines is 2. The molecule has 27 heavy (non-hydrogen) atoms. The lowest BCUT2D eigenvalue weighted by Gasteiger charge is -2.08. The van der Waals surface area contributed by atoms with Crippen LogP contribution in [0.1, 0.15) is 27.4 Å². The van der Waals surface area contributed by atoms with Crippen LogP contribution >= 0.6 is 0 Å². The molecular weight excluding hydrogens is 342 g/mol. The lowest BCUT2D eigenvalue weighted by molar-refractivity contribution is 0.0999. The average molecular weight is 359 g/mol. The number of amides is 1. The molecule has 2 aromatic carbocycles. The topological polar surface area (TPSA) is 110 Å². The van der Waals surface area contributed by atoms with E-state index < -0.39 is 5.91 Å². The minimum Gasteiger partial charge on any atom is -0.457 e. The summed E-state index contributed by atoms with van der Waals surface area (Å²) in [5, 5.41) is 8.28. The summed E-state index contributed by atoms with van der Waals surface area (Å²) in [6.07, 6.45) is 7.20. The quantitative estimate of drug-likeness (QED) is 0.505. The Morgan fingerprint density at radius 2 is 1.96 bits per heavy atom. The first-order valence-corrected chi connectivity index (χ1v) is 8.34. The average Bonchev–Trinajstić information content (AvgIpc) is 3.30. The van der Waals surface area contributed by atoms with Crippen LogP contribution in [0.25, 0.3) is 23.1 Å². The first-order valence-electron chi connectivity index (χ1n) is 8.34. The Kier molecular flexibility index (Phi) is 4.18. The number of fused-ring (bicyclic) bond motifs is 1. The van der Waals surface area contributed by atoms with Gasteiger partial charge in [-0.15, -0.1) is 0 Å². The Labute approximate surface area is 154 Å². The number of benzene rings is 2. The monoisotopic (exact) mass is 359 g/mol. The molecule has 0 bridgehead atoms. The van der Waals surface area contributed by atoms with Crippen molar-refractivity contribution in [1.29, 1.82) is 0 Å². The van der Waals surface area contributed by atoms with Crippen LogP contribution in [-0.2, 0) is 0 Å². The normalized spacial score (nSPS) is 11.3. The number of aromatic nitrogens is 4. The number of hydrogen-bond acceptors (Lipinski definition) is 4. The third-order valence-corrected chi connectivity index (χ3v) is 4.19. The van der Waals surface area contributed by atoms with Crippen LogP contribution in [0.2, 0.25) is 0 Å². The smallest absolute Gasteiger partial charge is 0.249 e. The fourth-order valence-corrected chi connectivity index (χ4v) is 2.80. The summed E-state index contributed by atoms with van der Waals surface area (Å²) in [5.74, 6) is 1.46. The lowest BCUT2D eigenvalue weighted by atomic mass is 10.1. The molecule has 7 nitrogen and oxygen atoms in total. The highest BCUT2D eigenvalue weighted by atomic mass is 16.5. The number of nitrogens with zero attached hydrogens (tertiary/aromatic N) is 2. The van der Waals surface area contributed by atoms with Gasteiger partial charge in [-0.2, -0.15) is 5.10 Å².